The first-order chi connectivity index (χ1) is 8.75. The van der Waals surface area contributed by atoms with Crippen molar-refractivity contribution in [1.82, 2.24) is 5.43 Å². The molecule has 94 valence electrons. The van der Waals surface area contributed by atoms with E-state index in [0.717, 1.165) is 18.6 Å². The normalized spacial score (nSPS) is 15.5. The van der Waals surface area contributed by atoms with E-state index in [2.05, 4.69) is 10.5 Å². The molecular formula is C13H13FN2O2. The van der Waals surface area contributed by atoms with Gasteiger partial charge in [-0.2, -0.15) is 5.10 Å². The predicted molar refractivity (Wildman–Crippen MR) is 65.9 cm³/mol. The van der Waals surface area contributed by atoms with Gasteiger partial charge in [0.1, 0.15) is 5.82 Å². The van der Waals surface area contributed by atoms with Gasteiger partial charge in [0.05, 0.1) is 19.4 Å². The van der Waals surface area contributed by atoms with Gasteiger partial charge in [-0.05, 0) is 36.3 Å². The van der Waals surface area contributed by atoms with E-state index in [1.165, 1.54) is 24.3 Å². The molecule has 1 N–H and O–H groups in total. The van der Waals surface area contributed by atoms with Crippen LogP contribution in [0.3, 0.4) is 0 Å². The first kappa shape index (κ1) is 12.4. The smallest absolute Gasteiger partial charge is 0.271 e. The Kier molecular flexibility index (Phi) is 4.20. The van der Waals surface area contributed by atoms with E-state index in [0.29, 0.717) is 12.2 Å². The average molecular weight is 248 g/mol. The van der Waals surface area contributed by atoms with Gasteiger partial charge in [-0.3, -0.25) is 4.79 Å². The predicted octanol–water partition coefficient (Wildman–Crippen LogP) is 1.89. The molecule has 18 heavy (non-hydrogen) atoms. The molecule has 4 nitrogen and oxygen atoms in total. The highest BCUT2D eigenvalue weighted by Gasteiger charge is 2.04. The van der Waals surface area contributed by atoms with E-state index in [9.17, 15) is 9.18 Å². The molecule has 0 aromatic heterocycles. The Balaban J connectivity index is 1.89. The summed E-state index contributed by atoms with van der Waals surface area (Å²) < 4.78 is 17.9. The highest BCUT2D eigenvalue weighted by atomic mass is 19.1. The van der Waals surface area contributed by atoms with Crippen molar-refractivity contribution in [3.05, 3.63) is 47.3 Å². The molecule has 0 aliphatic carbocycles. The topological polar surface area (TPSA) is 50.7 Å². The van der Waals surface area contributed by atoms with Crippen molar-refractivity contribution >= 4 is 12.1 Å². The summed E-state index contributed by atoms with van der Waals surface area (Å²) in [5.41, 5.74) is 3.67. The van der Waals surface area contributed by atoms with E-state index in [1.54, 1.807) is 6.21 Å². The van der Waals surface area contributed by atoms with Gasteiger partial charge in [0, 0.05) is 5.56 Å². The molecule has 1 amide bonds. The number of carbonyl (C=O) groups is 1. The maximum Gasteiger partial charge on any atom is 0.271 e. The standard InChI is InChI=1S/C13H13FN2O2/c14-12-5-3-11(4-6-12)13(17)16-15-8-10-2-1-7-18-9-10/h2-6,8H,1,7,9H2,(H,16,17)/b15-8-. The zero-order valence-corrected chi connectivity index (χ0v) is 9.73. The number of nitrogens with one attached hydrogen (secondary N) is 1. The summed E-state index contributed by atoms with van der Waals surface area (Å²) in [6, 6.07) is 5.28. The summed E-state index contributed by atoms with van der Waals surface area (Å²) in [7, 11) is 0. The second-order valence-electron chi connectivity index (χ2n) is 3.83. The van der Waals surface area contributed by atoms with Crippen LogP contribution >= 0.6 is 0 Å². The minimum Gasteiger partial charge on any atom is -0.376 e. The molecule has 0 fully saturated rings. The SMILES string of the molecule is O=C(N/N=C\C1=CCCOC1)c1ccc(F)cc1. The van der Waals surface area contributed by atoms with Crippen LogP contribution in [0.1, 0.15) is 16.8 Å². The summed E-state index contributed by atoms with van der Waals surface area (Å²) in [6.45, 7) is 1.23. The molecule has 1 heterocycles. The fraction of sp³-hybridized carbons (Fsp3) is 0.231. The second kappa shape index (κ2) is 6.07. The molecule has 1 aliphatic heterocycles. The fourth-order valence-corrected chi connectivity index (χ4v) is 1.51. The van der Waals surface area contributed by atoms with E-state index in [4.69, 9.17) is 4.74 Å². The minimum atomic E-state index is -0.375. The first-order valence-electron chi connectivity index (χ1n) is 5.61. The van der Waals surface area contributed by atoms with Crippen LogP contribution in [-0.2, 0) is 4.74 Å². The third kappa shape index (κ3) is 3.49. The lowest BCUT2D eigenvalue weighted by molar-refractivity contribution is 0.0955. The summed E-state index contributed by atoms with van der Waals surface area (Å²) in [5, 5.41) is 3.83. The van der Waals surface area contributed by atoms with Crippen molar-refractivity contribution in [3.63, 3.8) is 0 Å². The lowest BCUT2D eigenvalue weighted by Gasteiger charge is -2.09. The Hall–Kier alpha value is -2.01. The quantitative estimate of drug-likeness (QED) is 0.656. The van der Waals surface area contributed by atoms with Gasteiger partial charge in [-0.15, -0.1) is 0 Å². The van der Waals surface area contributed by atoms with E-state index >= 15 is 0 Å². The number of rotatable bonds is 3. The van der Waals surface area contributed by atoms with Crippen LogP contribution in [0.4, 0.5) is 4.39 Å². The van der Waals surface area contributed by atoms with Gasteiger partial charge in [0.15, 0.2) is 0 Å². The minimum absolute atomic E-state index is 0.363. The van der Waals surface area contributed by atoms with Gasteiger partial charge in [0.2, 0.25) is 0 Å². The van der Waals surface area contributed by atoms with Crippen LogP contribution in [0.2, 0.25) is 0 Å². The van der Waals surface area contributed by atoms with Crippen molar-refractivity contribution in [2.75, 3.05) is 13.2 Å². The van der Waals surface area contributed by atoms with Gasteiger partial charge in [0.25, 0.3) is 5.91 Å². The third-order valence-corrected chi connectivity index (χ3v) is 2.44. The molecule has 2 rings (SSSR count). The monoisotopic (exact) mass is 248 g/mol. The Morgan fingerprint density at radius 1 is 1.39 bits per heavy atom. The zero-order chi connectivity index (χ0) is 12.8. The van der Waals surface area contributed by atoms with Crippen molar-refractivity contribution < 1.29 is 13.9 Å². The maximum absolute atomic E-state index is 12.7. The number of halogens is 1. The molecule has 1 aliphatic rings. The van der Waals surface area contributed by atoms with Crippen LogP contribution in [0.15, 0.2) is 41.0 Å². The number of hydrazone groups is 1. The first-order valence-corrected chi connectivity index (χ1v) is 5.61. The molecule has 1 aromatic rings. The summed E-state index contributed by atoms with van der Waals surface area (Å²) in [6.07, 6.45) is 4.42. The lowest BCUT2D eigenvalue weighted by Crippen LogP contribution is -2.18. The largest absolute Gasteiger partial charge is 0.376 e. The third-order valence-electron chi connectivity index (χ3n) is 2.44. The molecule has 0 atom stereocenters. The van der Waals surface area contributed by atoms with Gasteiger partial charge < -0.3 is 4.74 Å². The van der Waals surface area contributed by atoms with E-state index in [1.807, 2.05) is 6.08 Å². The summed E-state index contributed by atoms with van der Waals surface area (Å²) >= 11 is 0. The number of benzene rings is 1. The molecule has 0 radical (unpaired) electrons. The zero-order valence-electron chi connectivity index (χ0n) is 9.73. The summed E-state index contributed by atoms with van der Waals surface area (Å²) in [4.78, 5) is 11.6. The second-order valence-corrected chi connectivity index (χ2v) is 3.83. The van der Waals surface area contributed by atoms with Crippen LogP contribution in [0.5, 0.6) is 0 Å². The Bertz CT molecular complexity index is 480. The van der Waals surface area contributed by atoms with Crippen LogP contribution < -0.4 is 5.43 Å². The van der Waals surface area contributed by atoms with Crippen molar-refractivity contribution in [1.29, 1.82) is 0 Å². The molecule has 1 aromatic carbocycles. The van der Waals surface area contributed by atoms with Crippen LogP contribution in [-0.4, -0.2) is 25.3 Å². The Labute approximate surface area is 104 Å². The van der Waals surface area contributed by atoms with Crippen molar-refractivity contribution in [3.8, 4) is 0 Å². The molecule has 0 saturated heterocycles. The number of hydrogen-bond acceptors (Lipinski definition) is 3. The number of carbonyl (C=O) groups excluding carboxylic acids is 1. The Morgan fingerprint density at radius 2 is 2.17 bits per heavy atom. The maximum atomic E-state index is 12.7. The average Bonchev–Trinajstić information content (AvgIpc) is 2.40. The number of ether oxygens (including phenoxy) is 1. The number of hydrogen-bond donors (Lipinski definition) is 1. The fourth-order valence-electron chi connectivity index (χ4n) is 1.51. The highest BCUT2D eigenvalue weighted by molar-refractivity contribution is 5.94. The molecular weight excluding hydrogens is 235 g/mol. The van der Waals surface area contributed by atoms with Gasteiger partial charge in [-0.25, -0.2) is 9.82 Å². The van der Waals surface area contributed by atoms with E-state index < -0.39 is 0 Å². The number of nitrogens with zero attached hydrogens (tertiary/aromatic N) is 1. The molecule has 5 heteroatoms. The number of amides is 1. The molecule has 0 spiro atoms. The Morgan fingerprint density at radius 3 is 2.83 bits per heavy atom. The molecule has 0 unspecified atom stereocenters. The van der Waals surface area contributed by atoms with Gasteiger partial charge >= 0.3 is 0 Å². The molecule has 0 bridgehead atoms. The van der Waals surface area contributed by atoms with Crippen molar-refractivity contribution in [2.24, 2.45) is 5.10 Å². The lowest BCUT2D eigenvalue weighted by atomic mass is 10.2. The van der Waals surface area contributed by atoms with Gasteiger partial charge in [-0.1, -0.05) is 6.08 Å². The van der Waals surface area contributed by atoms with Crippen LogP contribution in [0.25, 0.3) is 0 Å². The van der Waals surface area contributed by atoms with Crippen molar-refractivity contribution in [2.45, 2.75) is 6.42 Å². The van der Waals surface area contributed by atoms with E-state index in [-0.39, 0.29) is 11.7 Å². The van der Waals surface area contributed by atoms with Crippen LogP contribution in [0, 0.1) is 5.82 Å². The molecule has 0 saturated carbocycles. The highest BCUT2D eigenvalue weighted by Crippen LogP contribution is 2.04. The summed E-state index contributed by atoms with van der Waals surface area (Å²) in [5.74, 6) is -0.747.